The number of anilines is 1. The summed E-state index contributed by atoms with van der Waals surface area (Å²) in [5.41, 5.74) is 6.27. The van der Waals surface area contributed by atoms with Crippen LogP contribution < -0.4 is 19.7 Å². The fourth-order valence-corrected chi connectivity index (χ4v) is 4.76. The Morgan fingerprint density at radius 1 is 0.868 bits per heavy atom. The molecule has 5 nitrogen and oxygen atoms in total. The molecule has 0 radical (unpaired) electrons. The van der Waals surface area contributed by atoms with Gasteiger partial charge < -0.3 is 14.8 Å². The summed E-state index contributed by atoms with van der Waals surface area (Å²) in [6.45, 7) is 2.31. The van der Waals surface area contributed by atoms with E-state index < -0.39 is 0 Å². The topological polar surface area (TPSA) is 50.8 Å². The van der Waals surface area contributed by atoms with Crippen LogP contribution in [0.25, 0.3) is 6.08 Å². The highest BCUT2D eigenvalue weighted by Crippen LogP contribution is 2.28. The molecule has 6 heteroatoms. The molecule has 5 rings (SSSR count). The Hall–Kier alpha value is -4.42. The zero-order valence-corrected chi connectivity index (χ0v) is 22.1. The molecule has 1 aliphatic rings. The number of nitrogens with one attached hydrogen (secondary N) is 1. The molecule has 0 spiro atoms. The molecular weight excluding hydrogens is 492 g/mol. The molecule has 0 saturated carbocycles. The number of carbonyl (C=O) groups is 1. The predicted octanol–water partition coefficient (Wildman–Crippen LogP) is 6.44. The summed E-state index contributed by atoms with van der Waals surface area (Å²) in [5, 5.41) is 3.42. The highest BCUT2D eigenvalue weighted by molar-refractivity contribution is 7.80. The lowest BCUT2D eigenvalue weighted by Gasteiger charge is -2.14. The lowest BCUT2D eigenvalue weighted by Crippen LogP contribution is -2.30. The van der Waals surface area contributed by atoms with Crippen LogP contribution in [0.5, 0.6) is 11.5 Å². The number of hydrogen-bond acceptors (Lipinski definition) is 4. The van der Waals surface area contributed by atoms with E-state index in [0.717, 1.165) is 45.9 Å². The van der Waals surface area contributed by atoms with Gasteiger partial charge in [-0.3, -0.25) is 9.69 Å². The molecule has 4 aromatic rings. The molecule has 38 heavy (non-hydrogen) atoms. The summed E-state index contributed by atoms with van der Waals surface area (Å²) >= 11 is 5.47. The maximum atomic E-state index is 13.2. The largest absolute Gasteiger partial charge is 0.496 e. The molecule has 4 aromatic carbocycles. The molecule has 0 bridgehead atoms. The van der Waals surface area contributed by atoms with Gasteiger partial charge in [0.1, 0.15) is 23.8 Å². The first-order chi connectivity index (χ1) is 18.5. The van der Waals surface area contributed by atoms with Gasteiger partial charge in [-0.2, -0.15) is 0 Å². The molecule has 0 aliphatic carbocycles. The second kappa shape index (κ2) is 11.3. The van der Waals surface area contributed by atoms with E-state index in [-0.39, 0.29) is 5.91 Å². The molecule has 1 fully saturated rings. The highest BCUT2D eigenvalue weighted by atomic mass is 32.1. The van der Waals surface area contributed by atoms with E-state index in [1.54, 1.807) is 13.2 Å². The minimum absolute atomic E-state index is 0.191. The Bertz CT molecular complexity index is 1510. The molecule has 0 atom stereocenters. The van der Waals surface area contributed by atoms with Gasteiger partial charge in [0.05, 0.1) is 12.8 Å². The van der Waals surface area contributed by atoms with Gasteiger partial charge in [0.2, 0.25) is 0 Å². The first-order valence-electron chi connectivity index (χ1n) is 12.4. The molecule has 190 valence electrons. The molecule has 0 unspecified atom stereocenters. The average molecular weight is 521 g/mol. The van der Waals surface area contributed by atoms with Gasteiger partial charge in [-0.1, -0.05) is 66.7 Å². The maximum absolute atomic E-state index is 13.2. The quantitative estimate of drug-likeness (QED) is 0.214. The van der Waals surface area contributed by atoms with Gasteiger partial charge in [-0.05, 0) is 77.8 Å². The number of methoxy groups -OCH3 is 1. The number of ether oxygens (including phenoxy) is 2. The molecule has 1 N–H and O–H groups in total. The normalized spacial score (nSPS) is 14.1. The van der Waals surface area contributed by atoms with Crippen LogP contribution in [0.2, 0.25) is 0 Å². The third-order valence-corrected chi connectivity index (χ3v) is 6.63. The van der Waals surface area contributed by atoms with Crippen LogP contribution in [0.15, 0.2) is 103 Å². The van der Waals surface area contributed by atoms with E-state index in [0.29, 0.717) is 17.4 Å². The number of rotatable bonds is 8. The van der Waals surface area contributed by atoms with Crippen LogP contribution in [0.1, 0.15) is 27.8 Å². The Morgan fingerprint density at radius 3 is 2.45 bits per heavy atom. The summed E-state index contributed by atoms with van der Waals surface area (Å²) in [7, 11) is 1.64. The Labute approximate surface area is 228 Å². The lowest BCUT2D eigenvalue weighted by molar-refractivity contribution is -0.113. The molecule has 1 heterocycles. The van der Waals surface area contributed by atoms with Crippen molar-refractivity contribution in [3.05, 3.63) is 131 Å². The van der Waals surface area contributed by atoms with Crippen molar-refractivity contribution >= 4 is 35.0 Å². The lowest BCUT2D eigenvalue weighted by atomic mass is 10.0. The van der Waals surface area contributed by atoms with E-state index >= 15 is 0 Å². The number of thiocarbonyl (C=S) groups is 1. The van der Waals surface area contributed by atoms with Crippen LogP contribution in [0.4, 0.5) is 5.69 Å². The van der Waals surface area contributed by atoms with Crippen LogP contribution in [-0.2, 0) is 17.8 Å². The van der Waals surface area contributed by atoms with Crippen molar-refractivity contribution in [3.63, 3.8) is 0 Å². The number of benzene rings is 4. The van der Waals surface area contributed by atoms with Crippen molar-refractivity contribution in [2.45, 2.75) is 20.0 Å². The highest BCUT2D eigenvalue weighted by Gasteiger charge is 2.32. The average Bonchev–Trinajstić information content (AvgIpc) is 3.21. The van der Waals surface area contributed by atoms with Gasteiger partial charge in [0.25, 0.3) is 5.91 Å². The number of aryl methyl sites for hydroxylation is 1. The number of hydrogen-bond donors (Lipinski definition) is 1. The van der Waals surface area contributed by atoms with Crippen LogP contribution in [0.3, 0.4) is 0 Å². The Balaban J connectivity index is 1.36. The predicted molar refractivity (Wildman–Crippen MR) is 155 cm³/mol. The van der Waals surface area contributed by atoms with E-state index in [9.17, 15) is 4.79 Å². The number of para-hydroxylation sites is 1. The van der Waals surface area contributed by atoms with Gasteiger partial charge in [0, 0.05) is 12.0 Å². The molecule has 1 aliphatic heterocycles. The zero-order valence-electron chi connectivity index (χ0n) is 21.3. The Kier molecular flexibility index (Phi) is 7.52. The monoisotopic (exact) mass is 520 g/mol. The van der Waals surface area contributed by atoms with Crippen molar-refractivity contribution in [1.29, 1.82) is 0 Å². The summed E-state index contributed by atoms with van der Waals surface area (Å²) in [6, 6.07) is 31.9. The third-order valence-electron chi connectivity index (χ3n) is 6.35. The van der Waals surface area contributed by atoms with Crippen LogP contribution >= 0.6 is 12.2 Å². The number of nitrogens with zero attached hydrogens (tertiary/aromatic N) is 1. The fourth-order valence-electron chi connectivity index (χ4n) is 4.47. The second-order valence-corrected chi connectivity index (χ2v) is 9.48. The van der Waals surface area contributed by atoms with Gasteiger partial charge in [0.15, 0.2) is 5.11 Å². The van der Waals surface area contributed by atoms with Crippen molar-refractivity contribution in [1.82, 2.24) is 5.32 Å². The van der Waals surface area contributed by atoms with Gasteiger partial charge in [-0.25, -0.2) is 0 Å². The summed E-state index contributed by atoms with van der Waals surface area (Å²) in [6.07, 6.45) is 2.59. The van der Waals surface area contributed by atoms with Crippen LogP contribution in [0, 0.1) is 6.92 Å². The molecule has 0 aromatic heterocycles. The standard InChI is InChI=1S/C32H28N2O3S/c1-22-9-8-13-27(17-22)34-31(35)28(33-32(34)38)20-24-15-16-29(36-2)26(19-24)21-37-30-14-7-6-12-25(30)18-23-10-4-3-5-11-23/h3-17,19-20H,18,21H2,1-2H3,(H,33,38)/b28-20+. The smallest absolute Gasteiger partial charge is 0.281 e. The van der Waals surface area contributed by atoms with Crippen molar-refractivity contribution in [2.75, 3.05) is 12.0 Å². The first kappa shape index (κ1) is 25.2. The minimum atomic E-state index is -0.191. The summed E-state index contributed by atoms with van der Waals surface area (Å²) < 4.78 is 11.9. The first-order valence-corrected chi connectivity index (χ1v) is 12.8. The van der Waals surface area contributed by atoms with Gasteiger partial charge >= 0.3 is 0 Å². The molecule has 1 amide bonds. The molecule has 1 saturated heterocycles. The Morgan fingerprint density at radius 2 is 1.66 bits per heavy atom. The van der Waals surface area contributed by atoms with E-state index in [1.165, 1.54) is 10.5 Å². The van der Waals surface area contributed by atoms with Crippen molar-refractivity contribution in [3.8, 4) is 11.5 Å². The van der Waals surface area contributed by atoms with E-state index in [2.05, 4.69) is 23.5 Å². The van der Waals surface area contributed by atoms with E-state index in [4.69, 9.17) is 21.7 Å². The van der Waals surface area contributed by atoms with Crippen molar-refractivity contribution < 1.29 is 14.3 Å². The zero-order chi connectivity index (χ0) is 26.5. The SMILES string of the molecule is COc1ccc(/C=C2/NC(=S)N(c3cccc(C)c3)C2=O)cc1COc1ccccc1Cc1ccccc1. The third kappa shape index (κ3) is 5.61. The summed E-state index contributed by atoms with van der Waals surface area (Å²) in [5.74, 6) is 1.35. The van der Waals surface area contributed by atoms with Crippen molar-refractivity contribution in [2.24, 2.45) is 0 Å². The number of carbonyl (C=O) groups excluding carboxylic acids is 1. The maximum Gasteiger partial charge on any atom is 0.281 e. The van der Waals surface area contributed by atoms with E-state index in [1.807, 2.05) is 85.8 Å². The second-order valence-electron chi connectivity index (χ2n) is 9.10. The van der Waals surface area contributed by atoms with Crippen LogP contribution in [-0.4, -0.2) is 18.1 Å². The minimum Gasteiger partial charge on any atom is -0.496 e. The molecular formula is C32H28N2O3S. The fraction of sp³-hybridized carbons (Fsp3) is 0.125. The number of amides is 1. The van der Waals surface area contributed by atoms with Gasteiger partial charge in [-0.15, -0.1) is 0 Å². The summed E-state index contributed by atoms with van der Waals surface area (Å²) in [4.78, 5) is 14.7.